The van der Waals surface area contributed by atoms with Crippen molar-refractivity contribution in [2.45, 2.75) is 78.8 Å². The van der Waals surface area contributed by atoms with E-state index in [1.54, 1.807) is 0 Å². The summed E-state index contributed by atoms with van der Waals surface area (Å²) in [5.74, 6) is 0. The molecule has 20 heavy (non-hydrogen) atoms. The molecule has 116 valence electrons. The minimum Gasteiger partial charge on any atom is -0.314 e. The van der Waals surface area contributed by atoms with Crippen molar-refractivity contribution in [2.24, 2.45) is 0 Å². The van der Waals surface area contributed by atoms with Crippen LogP contribution in [-0.4, -0.2) is 22.4 Å². The maximum atomic E-state index is 6.45. The zero-order chi connectivity index (χ0) is 15.0. The first-order valence-electron chi connectivity index (χ1n) is 8.15. The molecule has 0 saturated heterocycles. The lowest BCUT2D eigenvalue weighted by atomic mass is 10.0. The number of nitrogens with one attached hydrogen (secondary N) is 1. The SMILES string of the molecule is CCCC(CCCc1c(Cl)c(CC)nn1CC)NCC. The quantitative estimate of drug-likeness (QED) is 0.701. The standard InChI is InChI=1S/C16H30ClN3/c1-5-10-13(18-7-3)11-9-12-15-16(17)14(6-2)19-20(15)8-4/h13,18H,5-12H2,1-4H3. The molecule has 3 nitrogen and oxygen atoms in total. The van der Waals surface area contributed by atoms with Crippen LogP contribution in [0.5, 0.6) is 0 Å². The molecular weight excluding hydrogens is 270 g/mol. The summed E-state index contributed by atoms with van der Waals surface area (Å²) in [4.78, 5) is 0. The third-order valence-corrected chi connectivity index (χ3v) is 4.23. The van der Waals surface area contributed by atoms with Gasteiger partial charge in [0.1, 0.15) is 0 Å². The van der Waals surface area contributed by atoms with Crippen molar-refractivity contribution in [3.63, 3.8) is 0 Å². The van der Waals surface area contributed by atoms with Gasteiger partial charge in [-0.1, -0.05) is 38.8 Å². The summed E-state index contributed by atoms with van der Waals surface area (Å²) in [6.07, 6.45) is 6.83. The smallest absolute Gasteiger partial charge is 0.0849 e. The van der Waals surface area contributed by atoms with Crippen molar-refractivity contribution in [3.8, 4) is 0 Å². The van der Waals surface area contributed by atoms with E-state index < -0.39 is 0 Å². The molecular formula is C16H30ClN3. The normalized spacial score (nSPS) is 12.8. The highest BCUT2D eigenvalue weighted by molar-refractivity contribution is 6.31. The molecule has 1 aromatic heterocycles. The summed E-state index contributed by atoms with van der Waals surface area (Å²) < 4.78 is 2.07. The Hall–Kier alpha value is -0.540. The average molecular weight is 300 g/mol. The molecule has 0 aliphatic heterocycles. The van der Waals surface area contributed by atoms with Gasteiger partial charge in [0.25, 0.3) is 0 Å². The highest BCUT2D eigenvalue weighted by Crippen LogP contribution is 2.23. The number of halogens is 1. The minimum atomic E-state index is 0.646. The zero-order valence-electron chi connectivity index (χ0n) is 13.5. The Morgan fingerprint density at radius 1 is 1.20 bits per heavy atom. The predicted octanol–water partition coefficient (Wildman–Crippen LogP) is 4.22. The van der Waals surface area contributed by atoms with Crippen molar-refractivity contribution >= 4 is 11.6 Å². The van der Waals surface area contributed by atoms with Crippen molar-refractivity contribution in [2.75, 3.05) is 6.54 Å². The van der Waals surface area contributed by atoms with Gasteiger partial charge in [0.15, 0.2) is 0 Å². The molecule has 0 radical (unpaired) electrons. The van der Waals surface area contributed by atoms with E-state index in [9.17, 15) is 0 Å². The second kappa shape index (κ2) is 9.41. The van der Waals surface area contributed by atoms with Crippen LogP contribution in [-0.2, 0) is 19.4 Å². The Bertz CT molecular complexity index is 381. The first kappa shape index (κ1) is 17.5. The average Bonchev–Trinajstić information content (AvgIpc) is 2.75. The Morgan fingerprint density at radius 3 is 2.50 bits per heavy atom. The lowest BCUT2D eigenvalue weighted by Crippen LogP contribution is -2.28. The summed E-state index contributed by atoms with van der Waals surface area (Å²) in [7, 11) is 0. The van der Waals surface area contributed by atoms with E-state index in [1.807, 2.05) is 0 Å². The molecule has 0 aliphatic carbocycles. The molecule has 0 amide bonds. The van der Waals surface area contributed by atoms with Crippen LogP contribution in [0.15, 0.2) is 0 Å². The summed E-state index contributed by atoms with van der Waals surface area (Å²) in [5.41, 5.74) is 2.26. The van der Waals surface area contributed by atoms with Gasteiger partial charge in [0.05, 0.1) is 16.4 Å². The highest BCUT2D eigenvalue weighted by Gasteiger charge is 2.14. The molecule has 0 aliphatic rings. The van der Waals surface area contributed by atoms with Gasteiger partial charge in [-0.25, -0.2) is 0 Å². The third-order valence-electron chi connectivity index (χ3n) is 3.79. The Balaban J connectivity index is 2.58. The largest absolute Gasteiger partial charge is 0.314 e. The Labute approximate surface area is 129 Å². The van der Waals surface area contributed by atoms with Crippen LogP contribution >= 0.6 is 11.6 Å². The van der Waals surface area contributed by atoms with Crippen molar-refractivity contribution in [3.05, 3.63) is 16.4 Å². The van der Waals surface area contributed by atoms with Crippen LogP contribution < -0.4 is 5.32 Å². The van der Waals surface area contributed by atoms with Crippen LogP contribution in [0, 0.1) is 0 Å². The summed E-state index contributed by atoms with van der Waals surface area (Å²) in [6.45, 7) is 10.6. The van der Waals surface area contributed by atoms with Crippen LogP contribution in [0.3, 0.4) is 0 Å². The van der Waals surface area contributed by atoms with Gasteiger partial charge in [0, 0.05) is 12.6 Å². The summed E-state index contributed by atoms with van der Waals surface area (Å²) in [5, 5.41) is 9.05. The third kappa shape index (κ3) is 4.78. The molecule has 0 fully saturated rings. The lowest BCUT2D eigenvalue weighted by Gasteiger charge is -2.17. The highest BCUT2D eigenvalue weighted by atomic mass is 35.5. The molecule has 4 heteroatoms. The van der Waals surface area contributed by atoms with E-state index in [1.165, 1.54) is 31.4 Å². The van der Waals surface area contributed by atoms with Crippen LogP contribution in [0.4, 0.5) is 0 Å². The van der Waals surface area contributed by atoms with Gasteiger partial charge in [0.2, 0.25) is 0 Å². The predicted molar refractivity (Wildman–Crippen MR) is 87.6 cm³/mol. The number of aryl methyl sites for hydroxylation is 2. The number of nitrogens with zero attached hydrogens (tertiary/aromatic N) is 2. The summed E-state index contributed by atoms with van der Waals surface area (Å²) >= 11 is 6.45. The van der Waals surface area contributed by atoms with Gasteiger partial charge in [-0.2, -0.15) is 5.10 Å². The molecule has 0 spiro atoms. The molecule has 1 aromatic rings. The molecule has 0 saturated carbocycles. The maximum Gasteiger partial charge on any atom is 0.0849 e. The maximum absolute atomic E-state index is 6.45. The van der Waals surface area contributed by atoms with Gasteiger partial charge < -0.3 is 5.32 Å². The van der Waals surface area contributed by atoms with Gasteiger partial charge in [-0.05, 0) is 45.6 Å². The van der Waals surface area contributed by atoms with E-state index in [2.05, 4.69) is 42.8 Å². The molecule has 1 heterocycles. The first-order chi connectivity index (χ1) is 9.67. The van der Waals surface area contributed by atoms with Gasteiger partial charge in [-0.3, -0.25) is 4.68 Å². The Morgan fingerprint density at radius 2 is 1.95 bits per heavy atom. The fourth-order valence-electron chi connectivity index (χ4n) is 2.76. The number of hydrogen-bond acceptors (Lipinski definition) is 2. The monoisotopic (exact) mass is 299 g/mol. The minimum absolute atomic E-state index is 0.646. The Kier molecular flexibility index (Phi) is 8.24. The zero-order valence-corrected chi connectivity index (χ0v) is 14.3. The van der Waals surface area contributed by atoms with Crippen LogP contribution in [0.1, 0.15) is 64.8 Å². The second-order valence-corrected chi connectivity index (χ2v) is 5.69. The van der Waals surface area contributed by atoms with Crippen molar-refractivity contribution in [1.29, 1.82) is 0 Å². The van der Waals surface area contributed by atoms with Gasteiger partial charge in [-0.15, -0.1) is 0 Å². The summed E-state index contributed by atoms with van der Waals surface area (Å²) in [6, 6.07) is 0.646. The van der Waals surface area contributed by atoms with E-state index in [0.29, 0.717) is 6.04 Å². The fraction of sp³-hybridized carbons (Fsp3) is 0.812. The molecule has 1 N–H and O–H groups in total. The number of aromatic nitrogens is 2. The molecule has 1 atom stereocenters. The molecule has 0 bridgehead atoms. The van der Waals surface area contributed by atoms with Crippen LogP contribution in [0.25, 0.3) is 0 Å². The number of hydrogen-bond donors (Lipinski definition) is 1. The van der Waals surface area contributed by atoms with E-state index >= 15 is 0 Å². The van der Waals surface area contributed by atoms with Crippen molar-refractivity contribution in [1.82, 2.24) is 15.1 Å². The van der Waals surface area contributed by atoms with E-state index in [-0.39, 0.29) is 0 Å². The second-order valence-electron chi connectivity index (χ2n) is 5.31. The van der Waals surface area contributed by atoms with Gasteiger partial charge >= 0.3 is 0 Å². The van der Waals surface area contributed by atoms with Crippen LogP contribution in [0.2, 0.25) is 5.02 Å². The van der Waals surface area contributed by atoms with E-state index in [4.69, 9.17) is 11.6 Å². The molecule has 0 aromatic carbocycles. The molecule has 1 unspecified atom stereocenters. The lowest BCUT2D eigenvalue weighted by molar-refractivity contribution is 0.444. The van der Waals surface area contributed by atoms with E-state index in [0.717, 1.165) is 36.6 Å². The van der Waals surface area contributed by atoms with Crippen molar-refractivity contribution < 1.29 is 0 Å². The topological polar surface area (TPSA) is 29.9 Å². The first-order valence-corrected chi connectivity index (χ1v) is 8.52. The number of rotatable bonds is 10. The molecule has 1 rings (SSSR count). The fourth-order valence-corrected chi connectivity index (χ4v) is 3.12.